The second-order valence-corrected chi connectivity index (χ2v) is 8.77. The van der Waals surface area contributed by atoms with Gasteiger partial charge in [-0.25, -0.2) is 8.42 Å². The van der Waals surface area contributed by atoms with Crippen molar-refractivity contribution in [3.8, 4) is 11.5 Å². The molecule has 0 saturated carbocycles. The third-order valence-electron chi connectivity index (χ3n) is 4.40. The van der Waals surface area contributed by atoms with Gasteiger partial charge in [0.1, 0.15) is 19.3 Å². The highest BCUT2D eigenvalue weighted by Gasteiger charge is 2.24. The number of ether oxygens (including phenoxy) is 2. The smallest absolute Gasteiger partial charge is 0.240 e. The van der Waals surface area contributed by atoms with Crippen LogP contribution in [0.4, 0.5) is 5.69 Å². The van der Waals surface area contributed by atoms with Gasteiger partial charge in [0, 0.05) is 0 Å². The van der Waals surface area contributed by atoms with Crippen molar-refractivity contribution in [3.05, 3.63) is 53.6 Å². The van der Waals surface area contributed by atoms with E-state index in [9.17, 15) is 13.2 Å². The molecule has 1 atom stereocenters. The van der Waals surface area contributed by atoms with Crippen molar-refractivity contribution in [2.75, 3.05) is 30.3 Å². The number of anilines is 1. The maximum absolute atomic E-state index is 12.4. The highest BCUT2D eigenvalue weighted by Crippen LogP contribution is 2.30. The predicted octanol–water partition coefficient (Wildman–Crippen LogP) is 2.03. The van der Waals surface area contributed by atoms with Crippen molar-refractivity contribution in [1.82, 2.24) is 5.32 Å². The maximum atomic E-state index is 12.4. The zero-order valence-electron chi connectivity index (χ0n) is 16.1. The molecule has 0 radical (unpaired) electrons. The number of para-hydroxylation sites is 2. The monoisotopic (exact) mass is 404 g/mol. The molecule has 1 N–H and O–H groups in total. The number of aryl methyl sites for hydroxylation is 2. The topological polar surface area (TPSA) is 84.9 Å². The van der Waals surface area contributed by atoms with Crippen LogP contribution in [0.5, 0.6) is 11.5 Å². The minimum atomic E-state index is -3.61. The van der Waals surface area contributed by atoms with Crippen molar-refractivity contribution in [2.45, 2.75) is 20.0 Å². The Labute approximate surface area is 165 Å². The van der Waals surface area contributed by atoms with E-state index >= 15 is 0 Å². The Balaban J connectivity index is 1.63. The van der Waals surface area contributed by atoms with Gasteiger partial charge in [-0.05, 0) is 37.6 Å². The molecule has 0 fully saturated rings. The van der Waals surface area contributed by atoms with Crippen LogP contribution in [-0.4, -0.2) is 46.4 Å². The van der Waals surface area contributed by atoms with Crippen LogP contribution in [0.3, 0.4) is 0 Å². The molecular weight excluding hydrogens is 380 g/mol. The summed E-state index contributed by atoms with van der Waals surface area (Å²) in [5.41, 5.74) is 2.31. The highest BCUT2D eigenvalue weighted by atomic mass is 32.2. The van der Waals surface area contributed by atoms with Crippen LogP contribution in [0.15, 0.2) is 42.5 Å². The summed E-state index contributed by atoms with van der Waals surface area (Å²) in [6.45, 7) is 3.98. The van der Waals surface area contributed by atoms with Gasteiger partial charge in [0.15, 0.2) is 11.5 Å². The average molecular weight is 404 g/mol. The number of fused-ring (bicyclic) bond motifs is 1. The number of benzene rings is 2. The lowest BCUT2D eigenvalue weighted by atomic mass is 10.1. The third kappa shape index (κ3) is 4.75. The molecule has 0 aromatic heterocycles. The number of amides is 1. The summed E-state index contributed by atoms with van der Waals surface area (Å²) in [7, 11) is -3.61. The van der Waals surface area contributed by atoms with Gasteiger partial charge in [0.25, 0.3) is 0 Å². The summed E-state index contributed by atoms with van der Waals surface area (Å²) in [6, 6.07) is 12.7. The molecule has 1 unspecified atom stereocenters. The molecule has 0 saturated heterocycles. The molecule has 28 heavy (non-hydrogen) atoms. The number of carbonyl (C=O) groups excluding carboxylic acids is 1. The Bertz CT molecular complexity index is 974. The average Bonchev–Trinajstić information content (AvgIpc) is 2.64. The Morgan fingerprint density at radius 2 is 1.89 bits per heavy atom. The molecule has 0 spiro atoms. The van der Waals surface area contributed by atoms with Gasteiger partial charge in [-0.3, -0.25) is 9.10 Å². The molecule has 0 aliphatic carbocycles. The molecule has 2 aromatic carbocycles. The number of carbonyl (C=O) groups is 1. The molecule has 3 rings (SSSR count). The first-order valence-electron chi connectivity index (χ1n) is 8.94. The Kier molecular flexibility index (Phi) is 5.79. The molecule has 1 aliphatic rings. The number of nitrogens with zero attached hydrogens (tertiary/aromatic N) is 1. The Morgan fingerprint density at radius 1 is 1.18 bits per heavy atom. The fourth-order valence-electron chi connectivity index (χ4n) is 3.04. The van der Waals surface area contributed by atoms with Crippen molar-refractivity contribution >= 4 is 21.6 Å². The molecule has 150 valence electrons. The van der Waals surface area contributed by atoms with E-state index in [1.165, 1.54) is 0 Å². The van der Waals surface area contributed by atoms with Gasteiger partial charge < -0.3 is 14.8 Å². The minimum Gasteiger partial charge on any atom is -0.486 e. The van der Waals surface area contributed by atoms with Crippen molar-refractivity contribution in [2.24, 2.45) is 0 Å². The largest absolute Gasteiger partial charge is 0.486 e. The lowest BCUT2D eigenvalue weighted by Crippen LogP contribution is -2.45. The number of nitrogens with one attached hydrogen (secondary N) is 1. The molecule has 1 aliphatic heterocycles. The van der Waals surface area contributed by atoms with E-state index in [-0.39, 0.29) is 19.2 Å². The second kappa shape index (κ2) is 8.10. The van der Waals surface area contributed by atoms with Crippen LogP contribution < -0.4 is 19.1 Å². The summed E-state index contributed by atoms with van der Waals surface area (Å²) in [6.07, 6.45) is 0.751. The number of hydrogen-bond acceptors (Lipinski definition) is 5. The maximum Gasteiger partial charge on any atom is 0.240 e. The fourth-order valence-corrected chi connectivity index (χ4v) is 3.96. The van der Waals surface area contributed by atoms with E-state index in [0.29, 0.717) is 23.8 Å². The quantitative estimate of drug-likeness (QED) is 0.796. The summed E-state index contributed by atoms with van der Waals surface area (Å²) < 4.78 is 37.0. The van der Waals surface area contributed by atoms with E-state index in [4.69, 9.17) is 9.47 Å². The lowest BCUT2D eigenvalue weighted by Gasteiger charge is -2.27. The molecule has 2 aromatic rings. The molecular formula is C20H24N2O5S. The molecule has 8 heteroatoms. The van der Waals surface area contributed by atoms with Crippen LogP contribution in [0.1, 0.15) is 11.1 Å². The molecule has 1 amide bonds. The number of sulfonamides is 1. The SMILES string of the molecule is Cc1ccc(N(CC(=O)NCC2COc3ccccc3O2)S(C)(=O)=O)c(C)c1. The second-order valence-electron chi connectivity index (χ2n) is 6.86. The van der Waals surface area contributed by atoms with Gasteiger partial charge in [-0.1, -0.05) is 29.8 Å². The van der Waals surface area contributed by atoms with E-state index in [2.05, 4.69) is 5.32 Å². The summed E-state index contributed by atoms with van der Waals surface area (Å²) in [5, 5.41) is 2.74. The van der Waals surface area contributed by atoms with E-state index in [0.717, 1.165) is 21.7 Å². The zero-order chi connectivity index (χ0) is 20.3. The van der Waals surface area contributed by atoms with Gasteiger partial charge in [-0.15, -0.1) is 0 Å². The van der Waals surface area contributed by atoms with Crippen LogP contribution in [0.25, 0.3) is 0 Å². The standard InChI is InChI=1S/C20H24N2O5S/c1-14-8-9-17(15(2)10-14)22(28(3,24)25)12-20(23)21-11-16-13-26-18-6-4-5-7-19(18)27-16/h4-10,16H,11-13H2,1-3H3,(H,21,23). The first-order chi connectivity index (χ1) is 13.2. The Morgan fingerprint density at radius 3 is 2.57 bits per heavy atom. The predicted molar refractivity (Wildman–Crippen MR) is 107 cm³/mol. The Hall–Kier alpha value is -2.74. The lowest BCUT2D eigenvalue weighted by molar-refractivity contribution is -0.120. The zero-order valence-corrected chi connectivity index (χ0v) is 17.0. The van der Waals surface area contributed by atoms with Crippen molar-refractivity contribution in [3.63, 3.8) is 0 Å². The highest BCUT2D eigenvalue weighted by molar-refractivity contribution is 7.92. The normalized spacial score (nSPS) is 15.8. The van der Waals surface area contributed by atoms with Crippen LogP contribution in [0, 0.1) is 13.8 Å². The number of rotatable bonds is 6. The fraction of sp³-hybridized carbons (Fsp3) is 0.350. The van der Waals surface area contributed by atoms with E-state index < -0.39 is 15.9 Å². The molecule has 1 heterocycles. The van der Waals surface area contributed by atoms with Crippen LogP contribution in [0.2, 0.25) is 0 Å². The first-order valence-corrected chi connectivity index (χ1v) is 10.8. The first kappa shape index (κ1) is 20.0. The number of hydrogen-bond donors (Lipinski definition) is 1. The van der Waals surface area contributed by atoms with Crippen LogP contribution in [-0.2, 0) is 14.8 Å². The van der Waals surface area contributed by atoms with Gasteiger partial charge in [0.2, 0.25) is 15.9 Å². The van der Waals surface area contributed by atoms with Crippen LogP contribution >= 0.6 is 0 Å². The van der Waals surface area contributed by atoms with Gasteiger partial charge in [-0.2, -0.15) is 0 Å². The van der Waals surface area contributed by atoms with Crippen molar-refractivity contribution in [1.29, 1.82) is 0 Å². The minimum absolute atomic E-state index is 0.220. The third-order valence-corrected chi connectivity index (χ3v) is 5.53. The molecule has 0 bridgehead atoms. The summed E-state index contributed by atoms with van der Waals surface area (Å²) in [4.78, 5) is 12.4. The molecule has 7 nitrogen and oxygen atoms in total. The summed E-state index contributed by atoms with van der Waals surface area (Å²) in [5.74, 6) is 0.886. The van der Waals surface area contributed by atoms with E-state index in [1.54, 1.807) is 12.1 Å². The summed E-state index contributed by atoms with van der Waals surface area (Å²) >= 11 is 0. The van der Waals surface area contributed by atoms with Crippen molar-refractivity contribution < 1.29 is 22.7 Å². The van der Waals surface area contributed by atoms with Gasteiger partial charge >= 0.3 is 0 Å². The van der Waals surface area contributed by atoms with Gasteiger partial charge in [0.05, 0.1) is 18.5 Å². The van der Waals surface area contributed by atoms with E-state index in [1.807, 2.05) is 44.2 Å².